The molecule has 4 atom stereocenters. The van der Waals surface area contributed by atoms with Gasteiger partial charge in [0.1, 0.15) is 23.7 Å². The summed E-state index contributed by atoms with van der Waals surface area (Å²) in [5.74, 6) is -0.627. The average Bonchev–Trinajstić information content (AvgIpc) is 3.53. The molecule has 35 heavy (non-hydrogen) atoms. The Morgan fingerprint density at radius 3 is 2.43 bits per heavy atom. The summed E-state index contributed by atoms with van der Waals surface area (Å²) in [6.07, 6.45) is 2.43. The predicted octanol–water partition coefficient (Wildman–Crippen LogP) is 2.44. The van der Waals surface area contributed by atoms with Crippen LogP contribution in [0.5, 0.6) is 11.5 Å². The van der Waals surface area contributed by atoms with Crippen molar-refractivity contribution >= 4 is 17.9 Å². The van der Waals surface area contributed by atoms with Crippen LogP contribution >= 0.6 is 0 Å². The summed E-state index contributed by atoms with van der Waals surface area (Å²) in [7, 11) is 3.08. The van der Waals surface area contributed by atoms with Gasteiger partial charge in [-0.15, -0.1) is 0 Å². The highest BCUT2D eigenvalue weighted by molar-refractivity contribution is 6.07. The van der Waals surface area contributed by atoms with E-state index < -0.39 is 29.6 Å². The minimum absolute atomic E-state index is 0.0000379. The van der Waals surface area contributed by atoms with Gasteiger partial charge in [0.25, 0.3) is 0 Å². The number of amides is 3. The molecule has 3 heterocycles. The molecule has 2 aromatic carbocycles. The van der Waals surface area contributed by atoms with Crippen molar-refractivity contribution in [3.8, 4) is 11.5 Å². The van der Waals surface area contributed by atoms with Crippen LogP contribution in [0.25, 0.3) is 0 Å². The van der Waals surface area contributed by atoms with Crippen LogP contribution in [0.15, 0.2) is 60.7 Å². The van der Waals surface area contributed by atoms with E-state index in [-0.39, 0.29) is 31.5 Å². The van der Waals surface area contributed by atoms with Crippen LogP contribution in [0.3, 0.4) is 0 Å². The average molecular weight is 479 g/mol. The second-order valence-corrected chi connectivity index (χ2v) is 8.80. The van der Waals surface area contributed by atoms with Crippen LogP contribution in [0, 0.1) is 11.8 Å². The first-order chi connectivity index (χ1) is 16.9. The van der Waals surface area contributed by atoms with Crippen molar-refractivity contribution < 1.29 is 33.3 Å². The largest absolute Gasteiger partial charge is 0.497 e. The number of hydrogen-bond acceptors (Lipinski definition) is 7. The lowest BCUT2D eigenvalue weighted by atomic mass is 9.77. The number of benzene rings is 2. The Morgan fingerprint density at radius 2 is 1.74 bits per heavy atom. The molecule has 3 aliphatic heterocycles. The Hall–Kier alpha value is -3.85. The van der Waals surface area contributed by atoms with Crippen molar-refractivity contribution in [3.63, 3.8) is 0 Å². The molecule has 9 heteroatoms. The zero-order valence-corrected chi connectivity index (χ0v) is 19.4. The van der Waals surface area contributed by atoms with E-state index in [0.29, 0.717) is 17.1 Å². The van der Waals surface area contributed by atoms with Gasteiger partial charge in [-0.05, 0) is 23.3 Å². The summed E-state index contributed by atoms with van der Waals surface area (Å²) in [4.78, 5) is 40.2. The number of imide groups is 1. The first-order valence-electron chi connectivity index (χ1n) is 11.3. The highest BCUT2D eigenvalue weighted by Gasteiger charge is 2.67. The minimum Gasteiger partial charge on any atom is -0.497 e. The Morgan fingerprint density at radius 1 is 1.03 bits per heavy atom. The lowest BCUT2D eigenvalue weighted by molar-refractivity contribution is -0.144. The maximum absolute atomic E-state index is 13.3. The molecule has 0 saturated carbocycles. The van der Waals surface area contributed by atoms with Gasteiger partial charge in [0.05, 0.1) is 45.2 Å². The highest BCUT2D eigenvalue weighted by atomic mass is 16.6. The summed E-state index contributed by atoms with van der Waals surface area (Å²) in [5, 5.41) is 2.70. The number of carbonyl (C=O) groups excluding carboxylic acids is 3. The first kappa shape index (κ1) is 22.9. The van der Waals surface area contributed by atoms with E-state index in [4.69, 9.17) is 18.9 Å². The topological polar surface area (TPSA) is 103 Å². The third kappa shape index (κ3) is 4.12. The molecule has 0 spiro atoms. The molecular weight excluding hydrogens is 452 g/mol. The summed E-state index contributed by atoms with van der Waals surface area (Å²) in [6, 6.07) is 14.6. The van der Waals surface area contributed by atoms with Gasteiger partial charge < -0.3 is 24.3 Å². The molecule has 2 bridgehead atoms. The SMILES string of the molecule is COc1cc(COC(=O)NC[C@@]23C=C[C@@H](O2)[C@H]2C(=O)N(Cc4ccccc4)C(=O)[C@@H]23)cc(OC)c1. The van der Waals surface area contributed by atoms with Crippen LogP contribution in [0.4, 0.5) is 4.79 Å². The fourth-order valence-electron chi connectivity index (χ4n) is 5.05. The normalized spacial score (nSPS) is 26.1. The molecule has 3 aliphatic rings. The molecular formula is C26H26N2O7. The number of carbonyl (C=O) groups is 3. The highest BCUT2D eigenvalue weighted by Crippen LogP contribution is 2.51. The van der Waals surface area contributed by atoms with Crippen molar-refractivity contribution in [2.24, 2.45) is 11.8 Å². The molecule has 0 aromatic heterocycles. The van der Waals surface area contributed by atoms with Crippen molar-refractivity contribution in [1.82, 2.24) is 10.2 Å². The quantitative estimate of drug-likeness (QED) is 0.459. The number of rotatable bonds is 8. The Labute approximate surface area is 202 Å². The molecule has 182 valence electrons. The molecule has 2 saturated heterocycles. The Balaban J connectivity index is 1.23. The molecule has 1 N–H and O–H groups in total. The van der Waals surface area contributed by atoms with Crippen LogP contribution in [0.2, 0.25) is 0 Å². The van der Waals surface area contributed by atoms with E-state index >= 15 is 0 Å². The monoisotopic (exact) mass is 478 g/mol. The molecule has 2 fully saturated rings. The van der Waals surface area contributed by atoms with Gasteiger partial charge in [-0.1, -0.05) is 42.5 Å². The zero-order valence-electron chi connectivity index (χ0n) is 19.4. The molecule has 2 aromatic rings. The number of methoxy groups -OCH3 is 2. The summed E-state index contributed by atoms with van der Waals surface area (Å²) < 4.78 is 21.9. The van der Waals surface area contributed by atoms with E-state index in [2.05, 4.69) is 5.32 Å². The van der Waals surface area contributed by atoms with Crippen LogP contribution in [-0.4, -0.2) is 55.3 Å². The maximum Gasteiger partial charge on any atom is 0.407 e. The zero-order chi connectivity index (χ0) is 24.6. The molecule has 0 unspecified atom stereocenters. The smallest absolute Gasteiger partial charge is 0.407 e. The number of likely N-dealkylation sites (tertiary alicyclic amines) is 1. The maximum atomic E-state index is 13.3. The van der Waals surface area contributed by atoms with E-state index in [1.165, 1.54) is 4.90 Å². The fourth-order valence-corrected chi connectivity index (χ4v) is 5.05. The van der Waals surface area contributed by atoms with Crippen molar-refractivity contribution in [2.75, 3.05) is 20.8 Å². The van der Waals surface area contributed by atoms with Gasteiger partial charge >= 0.3 is 6.09 Å². The number of nitrogens with zero attached hydrogens (tertiary/aromatic N) is 1. The second kappa shape index (κ2) is 9.07. The third-order valence-electron chi connectivity index (χ3n) is 6.72. The van der Waals surface area contributed by atoms with Crippen molar-refractivity contribution in [2.45, 2.75) is 24.9 Å². The second-order valence-electron chi connectivity index (χ2n) is 8.80. The number of ether oxygens (including phenoxy) is 4. The van der Waals surface area contributed by atoms with E-state index in [1.807, 2.05) is 30.3 Å². The standard InChI is InChI=1S/C26H26N2O7/c1-32-18-10-17(11-19(12-18)33-2)14-34-25(31)27-15-26-9-8-20(35-26)21-22(26)24(30)28(23(21)29)13-16-6-4-3-5-7-16/h3-12,20-22H,13-15H2,1-2H3,(H,27,31)/t20-,21-,22-,26-/m1/s1. The van der Waals surface area contributed by atoms with Gasteiger partial charge in [0, 0.05) is 6.07 Å². The lowest BCUT2D eigenvalue weighted by Gasteiger charge is -2.29. The molecule has 0 aliphatic carbocycles. The summed E-state index contributed by atoms with van der Waals surface area (Å²) >= 11 is 0. The Bertz CT molecular complexity index is 1160. The van der Waals surface area contributed by atoms with Gasteiger partial charge in [-0.2, -0.15) is 0 Å². The summed E-state index contributed by atoms with van der Waals surface area (Å²) in [5.41, 5.74) is 0.493. The van der Waals surface area contributed by atoms with Gasteiger partial charge in [-0.25, -0.2) is 4.79 Å². The first-order valence-corrected chi connectivity index (χ1v) is 11.3. The predicted molar refractivity (Wildman–Crippen MR) is 123 cm³/mol. The van der Waals surface area contributed by atoms with E-state index in [0.717, 1.165) is 5.56 Å². The van der Waals surface area contributed by atoms with Crippen molar-refractivity contribution in [3.05, 3.63) is 71.8 Å². The third-order valence-corrected chi connectivity index (χ3v) is 6.72. The van der Waals surface area contributed by atoms with Crippen molar-refractivity contribution in [1.29, 1.82) is 0 Å². The number of hydrogen-bond donors (Lipinski definition) is 1. The van der Waals surface area contributed by atoms with Gasteiger partial charge in [0.15, 0.2) is 0 Å². The molecule has 9 nitrogen and oxygen atoms in total. The number of fused-ring (bicyclic) bond motifs is 5. The molecule has 3 amide bonds. The van der Waals surface area contributed by atoms with Crippen LogP contribution in [0.1, 0.15) is 11.1 Å². The minimum atomic E-state index is -1.08. The van der Waals surface area contributed by atoms with Gasteiger partial charge in [0.2, 0.25) is 11.8 Å². The molecule has 5 rings (SSSR count). The van der Waals surface area contributed by atoms with Crippen LogP contribution < -0.4 is 14.8 Å². The van der Waals surface area contributed by atoms with E-state index in [1.54, 1.807) is 44.6 Å². The lowest BCUT2D eigenvalue weighted by Crippen LogP contribution is -2.48. The van der Waals surface area contributed by atoms with Crippen LogP contribution in [-0.2, 0) is 32.2 Å². The number of alkyl carbamates (subject to hydrolysis) is 1. The summed E-state index contributed by atoms with van der Waals surface area (Å²) in [6.45, 7) is 0.230. The van der Waals surface area contributed by atoms with E-state index in [9.17, 15) is 14.4 Å². The fraction of sp³-hybridized carbons (Fsp3) is 0.346. The Kier molecular flexibility index (Phi) is 5.94. The molecule has 0 radical (unpaired) electrons. The van der Waals surface area contributed by atoms with Gasteiger partial charge in [-0.3, -0.25) is 14.5 Å². The number of nitrogens with one attached hydrogen (secondary N) is 1.